The molecule has 5 heteroatoms. The molecule has 0 unspecified atom stereocenters. The molecule has 22 heavy (non-hydrogen) atoms. The Morgan fingerprint density at radius 1 is 0.773 bits per heavy atom. The van der Waals surface area contributed by atoms with Gasteiger partial charge < -0.3 is 16.2 Å². The first-order valence-corrected chi connectivity index (χ1v) is 6.80. The molecule has 3 aromatic rings. The van der Waals surface area contributed by atoms with Crippen molar-refractivity contribution < 1.29 is 4.74 Å². The van der Waals surface area contributed by atoms with Gasteiger partial charge in [-0.15, -0.1) is 0 Å². The average Bonchev–Trinajstić information content (AvgIpc) is 2.55. The Labute approximate surface area is 128 Å². The van der Waals surface area contributed by atoms with Gasteiger partial charge in [-0.25, -0.2) is 9.97 Å². The van der Waals surface area contributed by atoms with Gasteiger partial charge in [0.05, 0.1) is 18.5 Å². The molecule has 3 rings (SSSR count). The summed E-state index contributed by atoms with van der Waals surface area (Å²) in [6, 6.07) is 17.0. The van der Waals surface area contributed by atoms with Crippen molar-refractivity contribution in [1.82, 2.24) is 9.97 Å². The number of aromatic nitrogens is 2. The molecule has 0 bridgehead atoms. The van der Waals surface area contributed by atoms with Crippen LogP contribution in [-0.4, -0.2) is 17.1 Å². The molecule has 0 saturated heterocycles. The van der Waals surface area contributed by atoms with Crippen LogP contribution < -0.4 is 16.2 Å². The quantitative estimate of drug-likeness (QED) is 0.725. The number of rotatable bonds is 3. The summed E-state index contributed by atoms with van der Waals surface area (Å²) in [7, 11) is 1.64. The van der Waals surface area contributed by atoms with E-state index >= 15 is 0 Å². The zero-order chi connectivity index (χ0) is 15.5. The Kier molecular flexibility index (Phi) is 3.62. The molecule has 1 aromatic heterocycles. The lowest BCUT2D eigenvalue weighted by Gasteiger charge is -2.07. The van der Waals surface area contributed by atoms with E-state index in [4.69, 9.17) is 16.2 Å². The van der Waals surface area contributed by atoms with E-state index in [0.717, 1.165) is 28.3 Å². The number of hydrogen-bond donors (Lipinski definition) is 2. The number of nitrogens with zero attached hydrogens (tertiary/aromatic N) is 2. The smallest absolute Gasteiger partial charge is 0.221 e. The molecular weight excluding hydrogens is 276 g/mol. The van der Waals surface area contributed by atoms with Crippen LogP contribution in [0.1, 0.15) is 0 Å². The lowest BCUT2D eigenvalue weighted by molar-refractivity contribution is 0.415. The van der Waals surface area contributed by atoms with Crippen LogP contribution in [0.15, 0.2) is 54.6 Å². The van der Waals surface area contributed by atoms with E-state index < -0.39 is 0 Å². The van der Waals surface area contributed by atoms with E-state index in [1.165, 1.54) is 0 Å². The summed E-state index contributed by atoms with van der Waals surface area (Å²) in [5.74, 6) is 1.03. The monoisotopic (exact) mass is 292 g/mol. The maximum atomic E-state index is 5.85. The van der Waals surface area contributed by atoms with Crippen LogP contribution >= 0.6 is 0 Å². The van der Waals surface area contributed by atoms with Crippen molar-refractivity contribution in [2.45, 2.75) is 0 Å². The molecule has 4 N–H and O–H groups in total. The van der Waals surface area contributed by atoms with Crippen LogP contribution in [-0.2, 0) is 0 Å². The molecule has 0 aliphatic heterocycles. The summed E-state index contributed by atoms with van der Waals surface area (Å²) < 4.78 is 5.16. The number of hydrogen-bond acceptors (Lipinski definition) is 5. The molecule has 0 aliphatic carbocycles. The number of anilines is 2. The zero-order valence-electron chi connectivity index (χ0n) is 12.2. The van der Waals surface area contributed by atoms with Crippen molar-refractivity contribution in [3.63, 3.8) is 0 Å². The molecule has 2 aromatic carbocycles. The van der Waals surface area contributed by atoms with Crippen molar-refractivity contribution in [2.24, 2.45) is 0 Å². The van der Waals surface area contributed by atoms with E-state index in [9.17, 15) is 0 Å². The second-order valence-corrected chi connectivity index (χ2v) is 4.85. The molecule has 0 aliphatic rings. The van der Waals surface area contributed by atoms with Crippen molar-refractivity contribution in [1.29, 1.82) is 0 Å². The van der Waals surface area contributed by atoms with Gasteiger partial charge in [-0.2, -0.15) is 0 Å². The summed E-state index contributed by atoms with van der Waals surface area (Å²) >= 11 is 0. The van der Waals surface area contributed by atoms with Gasteiger partial charge in [-0.05, 0) is 42.5 Å². The lowest BCUT2D eigenvalue weighted by atomic mass is 10.1. The highest BCUT2D eigenvalue weighted by Gasteiger charge is 2.07. The second-order valence-electron chi connectivity index (χ2n) is 4.85. The predicted octanol–water partition coefficient (Wildman–Crippen LogP) is 2.98. The summed E-state index contributed by atoms with van der Waals surface area (Å²) in [5, 5.41) is 0. The summed E-state index contributed by atoms with van der Waals surface area (Å²) in [5.41, 5.74) is 15.7. The van der Waals surface area contributed by atoms with Crippen LogP contribution in [0, 0.1) is 0 Å². The Bertz CT molecular complexity index is 783. The summed E-state index contributed by atoms with van der Waals surface area (Å²) in [4.78, 5) is 8.60. The normalized spacial score (nSPS) is 10.4. The molecule has 0 amide bonds. The lowest BCUT2D eigenvalue weighted by Crippen LogP contribution is -1.98. The second kappa shape index (κ2) is 5.73. The molecule has 0 spiro atoms. The Morgan fingerprint density at radius 3 is 1.77 bits per heavy atom. The first-order chi connectivity index (χ1) is 10.7. The molecule has 5 nitrogen and oxygen atoms in total. The maximum absolute atomic E-state index is 5.85. The van der Waals surface area contributed by atoms with E-state index in [2.05, 4.69) is 9.97 Å². The maximum Gasteiger partial charge on any atom is 0.221 e. The summed E-state index contributed by atoms with van der Waals surface area (Å²) in [6.07, 6.45) is 0. The fraction of sp³-hybridized carbons (Fsp3) is 0.0588. The zero-order valence-corrected chi connectivity index (χ0v) is 12.2. The standard InChI is InChI=1S/C17H16N4O/c1-22-14-8-4-12(5-9-14)16-10-15(20-17(19)21-16)11-2-6-13(18)7-3-11/h2-10H,18H2,1H3,(H2,19,20,21). The van der Waals surface area contributed by atoms with Gasteiger partial charge in [0.1, 0.15) is 5.75 Å². The molecule has 0 atom stereocenters. The third kappa shape index (κ3) is 2.83. The third-order valence-corrected chi connectivity index (χ3v) is 3.34. The molecular formula is C17H16N4O. The van der Waals surface area contributed by atoms with Gasteiger partial charge in [0.2, 0.25) is 5.95 Å². The van der Waals surface area contributed by atoms with Crippen LogP contribution in [0.25, 0.3) is 22.5 Å². The molecule has 1 heterocycles. The van der Waals surface area contributed by atoms with Gasteiger partial charge >= 0.3 is 0 Å². The van der Waals surface area contributed by atoms with Crippen LogP contribution in [0.2, 0.25) is 0 Å². The van der Waals surface area contributed by atoms with Crippen molar-refractivity contribution in [2.75, 3.05) is 18.6 Å². The summed E-state index contributed by atoms with van der Waals surface area (Å²) in [6.45, 7) is 0. The number of nitrogen functional groups attached to an aromatic ring is 2. The Balaban J connectivity index is 2.03. The van der Waals surface area contributed by atoms with Crippen LogP contribution in [0.5, 0.6) is 5.75 Å². The topological polar surface area (TPSA) is 87.0 Å². The largest absolute Gasteiger partial charge is 0.497 e. The molecule has 0 saturated carbocycles. The fourth-order valence-electron chi connectivity index (χ4n) is 2.18. The van der Waals surface area contributed by atoms with E-state index in [0.29, 0.717) is 5.69 Å². The number of nitrogens with two attached hydrogens (primary N) is 2. The highest BCUT2D eigenvalue weighted by molar-refractivity contribution is 5.70. The highest BCUT2D eigenvalue weighted by atomic mass is 16.5. The van der Waals surface area contributed by atoms with Crippen molar-refractivity contribution in [3.8, 4) is 28.3 Å². The first-order valence-electron chi connectivity index (χ1n) is 6.80. The Hall–Kier alpha value is -3.08. The molecule has 0 radical (unpaired) electrons. The van der Waals surface area contributed by atoms with Gasteiger partial charge in [-0.3, -0.25) is 0 Å². The number of ether oxygens (including phenoxy) is 1. The minimum absolute atomic E-state index is 0.236. The van der Waals surface area contributed by atoms with E-state index in [1.54, 1.807) is 7.11 Å². The van der Waals surface area contributed by atoms with E-state index in [-0.39, 0.29) is 5.95 Å². The van der Waals surface area contributed by atoms with Gasteiger partial charge in [-0.1, -0.05) is 12.1 Å². The minimum Gasteiger partial charge on any atom is -0.497 e. The number of methoxy groups -OCH3 is 1. The minimum atomic E-state index is 0.236. The Morgan fingerprint density at radius 2 is 1.27 bits per heavy atom. The van der Waals surface area contributed by atoms with Crippen LogP contribution in [0.3, 0.4) is 0 Å². The van der Waals surface area contributed by atoms with Gasteiger partial charge in [0, 0.05) is 16.8 Å². The first kappa shape index (κ1) is 13.9. The number of benzene rings is 2. The fourth-order valence-corrected chi connectivity index (χ4v) is 2.18. The van der Waals surface area contributed by atoms with Gasteiger partial charge in [0.25, 0.3) is 0 Å². The average molecular weight is 292 g/mol. The van der Waals surface area contributed by atoms with Crippen molar-refractivity contribution >= 4 is 11.6 Å². The predicted molar refractivity (Wildman–Crippen MR) is 88.3 cm³/mol. The SMILES string of the molecule is COc1ccc(-c2cc(-c3ccc(N)cc3)nc(N)n2)cc1. The van der Waals surface area contributed by atoms with Crippen LogP contribution in [0.4, 0.5) is 11.6 Å². The van der Waals surface area contributed by atoms with Crippen molar-refractivity contribution in [3.05, 3.63) is 54.6 Å². The van der Waals surface area contributed by atoms with E-state index in [1.807, 2.05) is 54.6 Å². The third-order valence-electron chi connectivity index (χ3n) is 3.34. The molecule has 110 valence electrons. The highest BCUT2D eigenvalue weighted by Crippen LogP contribution is 2.26. The van der Waals surface area contributed by atoms with Gasteiger partial charge in [0.15, 0.2) is 0 Å². The molecule has 0 fully saturated rings.